The lowest BCUT2D eigenvalue weighted by Crippen LogP contribution is -2.48. The van der Waals surface area contributed by atoms with E-state index in [4.69, 9.17) is 4.74 Å². The molecule has 1 fully saturated rings. The second-order valence-corrected chi connectivity index (χ2v) is 4.55. The Morgan fingerprint density at radius 2 is 2.00 bits per heavy atom. The number of carbonyl (C=O) groups excluding carboxylic acids is 2. The van der Waals surface area contributed by atoms with E-state index in [0.29, 0.717) is 6.61 Å². The Labute approximate surface area is 112 Å². The van der Waals surface area contributed by atoms with Crippen molar-refractivity contribution in [2.24, 2.45) is 0 Å². The molecule has 1 unspecified atom stereocenters. The van der Waals surface area contributed by atoms with Crippen molar-refractivity contribution in [3.63, 3.8) is 0 Å². The van der Waals surface area contributed by atoms with Gasteiger partial charge < -0.3 is 10.1 Å². The van der Waals surface area contributed by atoms with Crippen molar-refractivity contribution in [3.05, 3.63) is 29.8 Å². The van der Waals surface area contributed by atoms with E-state index in [0.717, 1.165) is 24.2 Å². The van der Waals surface area contributed by atoms with E-state index in [1.807, 2.05) is 24.3 Å². The number of carbonyl (C=O) groups is 2. The molecule has 102 valence electrons. The van der Waals surface area contributed by atoms with Gasteiger partial charge in [-0.25, -0.2) is 4.79 Å². The number of urea groups is 1. The van der Waals surface area contributed by atoms with Crippen LogP contribution in [0, 0.1) is 0 Å². The van der Waals surface area contributed by atoms with Crippen molar-refractivity contribution in [2.45, 2.75) is 32.2 Å². The van der Waals surface area contributed by atoms with E-state index >= 15 is 0 Å². The van der Waals surface area contributed by atoms with Crippen LogP contribution >= 0.6 is 0 Å². The zero-order valence-electron chi connectivity index (χ0n) is 10.9. The van der Waals surface area contributed by atoms with Gasteiger partial charge in [-0.1, -0.05) is 25.5 Å². The molecule has 1 aromatic carbocycles. The highest BCUT2D eigenvalue weighted by atomic mass is 16.5. The van der Waals surface area contributed by atoms with Crippen molar-refractivity contribution in [1.82, 2.24) is 10.6 Å². The number of hydrogen-bond donors (Lipinski definition) is 2. The molecule has 0 aromatic heterocycles. The number of nitrogens with one attached hydrogen (secondary N) is 2. The molecule has 1 heterocycles. The number of imide groups is 1. The predicted octanol–water partition coefficient (Wildman–Crippen LogP) is 2.14. The van der Waals surface area contributed by atoms with Crippen molar-refractivity contribution in [2.75, 3.05) is 6.61 Å². The first-order valence-corrected chi connectivity index (χ1v) is 6.52. The summed E-state index contributed by atoms with van der Waals surface area (Å²) >= 11 is 0. The number of amides is 3. The Morgan fingerprint density at radius 1 is 1.26 bits per heavy atom. The van der Waals surface area contributed by atoms with Crippen molar-refractivity contribution >= 4 is 11.9 Å². The lowest BCUT2D eigenvalue weighted by atomic mass is 10.0. The van der Waals surface area contributed by atoms with Gasteiger partial charge in [0.15, 0.2) is 0 Å². The molecule has 0 aliphatic carbocycles. The zero-order chi connectivity index (χ0) is 13.7. The maximum atomic E-state index is 11.3. The Bertz CT molecular complexity index is 440. The van der Waals surface area contributed by atoms with Gasteiger partial charge in [-0.05, 0) is 24.1 Å². The molecule has 2 rings (SSSR count). The minimum atomic E-state index is -0.440. The quantitative estimate of drug-likeness (QED) is 0.799. The van der Waals surface area contributed by atoms with Crippen LogP contribution in [-0.2, 0) is 4.79 Å². The van der Waals surface area contributed by atoms with Gasteiger partial charge in [-0.3, -0.25) is 10.1 Å². The van der Waals surface area contributed by atoms with Gasteiger partial charge in [-0.2, -0.15) is 0 Å². The second kappa shape index (κ2) is 6.22. The Hall–Kier alpha value is -2.04. The minimum absolute atomic E-state index is 0.253. The number of hydrogen-bond acceptors (Lipinski definition) is 3. The summed E-state index contributed by atoms with van der Waals surface area (Å²) in [4.78, 5) is 22.5. The van der Waals surface area contributed by atoms with Gasteiger partial charge in [0.25, 0.3) is 0 Å². The van der Waals surface area contributed by atoms with Gasteiger partial charge in [0.05, 0.1) is 19.1 Å². The molecule has 0 spiro atoms. The van der Waals surface area contributed by atoms with Gasteiger partial charge in [0.2, 0.25) is 5.91 Å². The molecule has 5 nitrogen and oxygen atoms in total. The lowest BCUT2D eigenvalue weighted by molar-refractivity contribution is -0.121. The van der Waals surface area contributed by atoms with Crippen LogP contribution in [0.4, 0.5) is 4.79 Å². The summed E-state index contributed by atoms with van der Waals surface area (Å²) in [7, 11) is 0. The average molecular weight is 262 g/mol. The van der Waals surface area contributed by atoms with Crippen LogP contribution in [0.25, 0.3) is 0 Å². The van der Waals surface area contributed by atoms with E-state index < -0.39 is 6.03 Å². The monoisotopic (exact) mass is 262 g/mol. The number of unbranched alkanes of at least 4 members (excludes halogenated alkanes) is 1. The summed E-state index contributed by atoms with van der Waals surface area (Å²) in [6.45, 7) is 2.82. The molecule has 1 atom stereocenters. The fourth-order valence-corrected chi connectivity index (χ4v) is 1.94. The van der Waals surface area contributed by atoms with Crippen LogP contribution in [0.1, 0.15) is 37.8 Å². The van der Waals surface area contributed by atoms with Gasteiger partial charge >= 0.3 is 6.03 Å². The molecule has 1 aliphatic rings. The smallest absolute Gasteiger partial charge is 0.321 e. The highest BCUT2D eigenvalue weighted by molar-refractivity contribution is 5.97. The van der Waals surface area contributed by atoms with E-state index in [9.17, 15) is 9.59 Å². The van der Waals surface area contributed by atoms with Crippen LogP contribution in [0.5, 0.6) is 5.75 Å². The SMILES string of the molecule is CCCCOc1ccc(C2CC(=O)NC(=O)N2)cc1. The molecule has 0 radical (unpaired) electrons. The number of ether oxygens (including phenoxy) is 1. The van der Waals surface area contributed by atoms with Crippen molar-refractivity contribution in [3.8, 4) is 5.75 Å². The van der Waals surface area contributed by atoms with Crippen LogP contribution in [0.15, 0.2) is 24.3 Å². The molecule has 0 saturated carbocycles. The highest BCUT2D eigenvalue weighted by Gasteiger charge is 2.24. The van der Waals surface area contributed by atoms with E-state index in [2.05, 4.69) is 17.6 Å². The normalized spacial score (nSPS) is 18.7. The third-order valence-electron chi connectivity index (χ3n) is 3.00. The second-order valence-electron chi connectivity index (χ2n) is 4.55. The summed E-state index contributed by atoms with van der Waals surface area (Å²) in [5.74, 6) is 0.556. The van der Waals surface area contributed by atoms with Crippen LogP contribution < -0.4 is 15.4 Å². The molecule has 2 N–H and O–H groups in total. The third-order valence-corrected chi connectivity index (χ3v) is 3.00. The largest absolute Gasteiger partial charge is 0.494 e. The standard InChI is InChI=1S/C14H18N2O3/c1-2-3-8-19-11-6-4-10(5-7-11)12-9-13(17)16-14(18)15-12/h4-7,12H,2-3,8-9H2,1H3,(H2,15,16,17,18). The van der Waals surface area contributed by atoms with Gasteiger partial charge in [-0.15, -0.1) is 0 Å². The zero-order valence-corrected chi connectivity index (χ0v) is 10.9. The fourth-order valence-electron chi connectivity index (χ4n) is 1.94. The Balaban J connectivity index is 1.97. The Kier molecular flexibility index (Phi) is 4.39. The third kappa shape index (κ3) is 3.71. The first-order valence-electron chi connectivity index (χ1n) is 6.52. The number of rotatable bonds is 5. The number of benzene rings is 1. The fraction of sp³-hybridized carbons (Fsp3) is 0.429. The van der Waals surface area contributed by atoms with E-state index in [-0.39, 0.29) is 18.4 Å². The summed E-state index contributed by atoms with van der Waals surface area (Å²) in [6.07, 6.45) is 2.39. The van der Waals surface area contributed by atoms with Crippen LogP contribution in [-0.4, -0.2) is 18.5 Å². The molecule has 0 bridgehead atoms. The van der Waals surface area contributed by atoms with Gasteiger partial charge in [0.1, 0.15) is 5.75 Å². The summed E-state index contributed by atoms with van der Waals surface area (Å²) in [5.41, 5.74) is 0.908. The van der Waals surface area contributed by atoms with Crippen molar-refractivity contribution in [1.29, 1.82) is 0 Å². The first-order chi connectivity index (χ1) is 9.19. The van der Waals surface area contributed by atoms with E-state index in [1.165, 1.54) is 0 Å². The summed E-state index contributed by atoms with van der Waals surface area (Å²) in [5, 5.41) is 4.93. The summed E-state index contributed by atoms with van der Waals surface area (Å²) < 4.78 is 5.56. The topological polar surface area (TPSA) is 67.4 Å². The minimum Gasteiger partial charge on any atom is -0.494 e. The molecule has 3 amide bonds. The van der Waals surface area contributed by atoms with Crippen LogP contribution in [0.3, 0.4) is 0 Å². The summed E-state index contributed by atoms with van der Waals surface area (Å²) in [6, 6.07) is 6.79. The van der Waals surface area contributed by atoms with E-state index in [1.54, 1.807) is 0 Å². The molecule has 19 heavy (non-hydrogen) atoms. The molecule has 1 aromatic rings. The highest BCUT2D eigenvalue weighted by Crippen LogP contribution is 2.22. The Morgan fingerprint density at radius 3 is 2.63 bits per heavy atom. The predicted molar refractivity (Wildman–Crippen MR) is 70.9 cm³/mol. The lowest BCUT2D eigenvalue weighted by Gasteiger charge is -2.23. The first kappa shape index (κ1) is 13.4. The van der Waals surface area contributed by atoms with Gasteiger partial charge in [0, 0.05) is 0 Å². The maximum Gasteiger partial charge on any atom is 0.321 e. The van der Waals surface area contributed by atoms with Crippen LogP contribution in [0.2, 0.25) is 0 Å². The molecular formula is C14H18N2O3. The molecule has 1 aliphatic heterocycles. The molecule has 1 saturated heterocycles. The average Bonchev–Trinajstić information content (AvgIpc) is 2.39. The molecular weight excluding hydrogens is 244 g/mol. The van der Waals surface area contributed by atoms with Crippen molar-refractivity contribution < 1.29 is 14.3 Å². The molecule has 5 heteroatoms. The maximum absolute atomic E-state index is 11.3.